The van der Waals surface area contributed by atoms with Crippen molar-refractivity contribution in [2.45, 2.75) is 38.6 Å². The Morgan fingerprint density at radius 1 is 1.26 bits per heavy atom. The average molecular weight is 373 g/mol. The summed E-state index contributed by atoms with van der Waals surface area (Å²) in [6.07, 6.45) is 2.92. The fraction of sp³-hybridized carbons (Fsp3) is 0.389. The van der Waals surface area contributed by atoms with Crippen molar-refractivity contribution in [2.75, 3.05) is 0 Å². The van der Waals surface area contributed by atoms with Gasteiger partial charge in [-0.15, -0.1) is 0 Å². The lowest BCUT2D eigenvalue weighted by Gasteiger charge is -2.36. The highest BCUT2D eigenvalue weighted by atomic mass is 16.6. The van der Waals surface area contributed by atoms with Crippen LogP contribution >= 0.6 is 0 Å². The maximum absolute atomic E-state index is 13.0. The van der Waals surface area contributed by atoms with Crippen LogP contribution in [0.4, 0.5) is 10.5 Å². The number of nitrogens with one attached hydrogen (secondary N) is 1. The van der Waals surface area contributed by atoms with Gasteiger partial charge in [0.1, 0.15) is 6.04 Å². The highest BCUT2D eigenvalue weighted by Crippen LogP contribution is 2.40. The summed E-state index contributed by atoms with van der Waals surface area (Å²) in [4.78, 5) is 49.2. The Balaban J connectivity index is 2.19. The summed E-state index contributed by atoms with van der Waals surface area (Å²) in [5.41, 5.74) is -0.533. The zero-order chi connectivity index (χ0) is 19.7. The van der Waals surface area contributed by atoms with Crippen LogP contribution in [-0.4, -0.2) is 32.8 Å². The van der Waals surface area contributed by atoms with Gasteiger partial charge in [-0.25, -0.2) is 9.59 Å². The van der Waals surface area contributed by atoms with Crippen LogP contribution in [0.25, 0.3) is 0 Å². The van der Waals surface area contributed by atoms with E-state index in [0.717, 1.165) is 17.7 Å². The molecule has 0 radical (unpaired) electrons. The van der Waals surface area contributed by atoms with E-state index in [-0.39, 0.29) is 22.5 Å². The molecule has 1 atom stereocenters. The van der Waals surface area contributed by atoms with E-state index < -0.39 is 34.8 Å². The van der Waals surface area contributed by atoms with Crippen LogP contribution in [0.5, 0.6) is 0 Å². The van der Waals surface area contributed by atoms with Crippen LogP contribution in [-0.2, 0) is 9.59 Å². The van der Waals surface area contributed by atoms with Gasteiger partial charge in [0.15, 0.2) is 0 Å². The van der Waals surface area contributed by atoms with Crippen LogP contribution < -0.4 is 5.32 Å². The molecule has 27 heavy (non-hydrogen) atoms. The van der Waals surface area contributed by atoms with Gasteiger partial charge in [-0.3, -0.25) is 19.8 Å². The van der Waals surface area contributed by atoms with Gasteiger partial charge in [-0.2, -0.15) is 0 Å². The minimum absolute atomic E-state index is 0.000414. The largest absolute Gasteiger partial charge is 0.478 e. The second-order valence-corrected chi connectivity index (χ2v) is 6.68. The van der Waals surface area contributed by atoms with Crippen molar-refractivity contribution in [1.82, 2.24) is 10.2 Å². The van der Waals surface area contributed by atoms with E-state index in [4.69, 9.17) is 0 Å². The molecule has 0 saturated heterocycles. The number of imide groups is 1. The monoisotopic (exact) mass is 373 g/mol. The molecule has 142 valence electrons. The number of hydrogen-bond donors (Lipinski definition) is 2. The van der Waals surface area contributed by atoms with E-state index >= 15 is 0 Å². The number of nitrogens with zero attached hydrogens (tertiary/aromatic N) is 2. The molecule has 0 bridgehead atoms. The molecule has 1 aliphatic carbocycles. The minimum atomic E-state index is -1.36. The first kappa shape index (κ1) is 18.6. The number of aliphatic carboxylic acids is 1. The number of carbonyl (C=O) groups is 3. The molecule has 9 nitrogen and oxygen atoms in total. The van der Waals surface area contributed by atoms with Crippen LogP contribution in [0, 0.1) is 16.0 Å². The van der Waals surface area contributed by atoms with Crippen LogP contribution in [0.3, 0.4) is 0 Å². The lowest BCUT2D eigenvalue weighted by molar-refractivity contribution is -0.385. The smallest absolute Gasteiger partial charge is 0.335 e. The van der Waals surface area contributed by atoms with Gasteiger partial charge in [0.05, 0.1) is 16.1 Å². The van der Waals surface area contributed by atoms with E-state index in [1.165, 1.54) is 31.2 Å². The molecule has 1 saturated carbocycles. The normalized spacial score (nSPS) is 20.6. The molecule has 1 fully saturated rings. The number of carboxylic acids is 1. The summed E-state index contributed by atoms with van der Waals surface area (Å²) in [7, 11) is 0. The second kappa shape index (κ2) is 7.18. The van der Waals surface area contributed by atoms with Crippen LogP contribution in [0.1, 0.15) is 44.2 Å². The highest BCUT2D eigenvalue weighted by Gasteiger charge is 2.45. The van der Waals surface area contributed by atoms with Gasteiger partial charge >= 0.3 is 12.0 Å². The Kier molecular flexibility index (Phi) is 4.93. The Morgan fingerprint density at radius 3 is 2.48 bits per heavy atom. The first-order valence-electron chi connectivity index (χ1n) is 8.64. The third-order valence-corrected chi connectivity index (χ3v) is 5.05. The molecule has 1 aromatic carbocycles. The number of urea groups is 1. The Hall–Kier alpha value is -3.23. The van der Waals surface area contributed by atoms with E-state index in [0.29, 0.717) is 12.8 Å². The molecule has 2 N–H and O–H groups in total. The maximum Gasteiger partial charge on any atom is 0.335 e. The lowest BCUT2D eigenvalue weighted by Crippen LogP contribution is -2.52. The maximum atomic E-state index is 13.0. The quantitative estimate of drug-likeness (QED) is 0.616. The SMILES string of the molecule is CC1=C(C(=O)O)C(c2ccccc2[N+](=O)[O-])N(C(=O)C2CCCC2)C(=O)N1. The molecular formula is C18H19N3O6. The zero-order valence-corrected chi connectivity index (χ0v) is 14.7. The summed E-state index contributed by atoms with van der Waals surface area (Å²) in [5, 5.41) is 23.6. The Morgan fingerprint density at radius 2 is 1.89 bits per heavy atom. The van der Waals surface area contributed by atoms with Crippen molar-refractivity contribution < 1.29 is 24.4 Å². The first-order valence-corrected chi connectivity index (χ1v) is 8.64. The molecule has 2 aliphatic rings. The molecule has 3 amide bonds. The minimum Gasteiger partial charge on any atom is -0.478 e. The van der Waals surface area contributed by atoms with Gasteiger partial charge in [-0.05, 0) is 25.8 Å². The number of amides is 3. The van der Waals surface area contributed by atoms with Gasteiger partial charge in [0, 0.05) is 17.7 Å². The predicted octanol–water partition coefficient (Wildman–Crippen LogP) is 2.74. The Bertz CT molecular complexity index is 856. The zero-order valence-electron chi connectivity index (χ0n) is 14.7. The molecular weight excluding hydrogens is 354 g/mol. The molecule has 0 aromatic heterocycles. The second-order valence-electron chi connectivity index (χ2n) is 6.68. The Labute approximate surface area is 154 Å². The molecule has 3 rings (SSSR count). The van der Waals surface area contributed by atoms with Gasteiger partial charge in [0.2, 0.25) is 5.91 Å². The van der Waals surface area contributed by atoms with Crippen molar-refractivity contribution in [2.24, 2.45) is 5.92 Å². The molecule has 0 spiro atoms. The number of carboxylic acid groups (broad SMARTS) is 1. The van der Waals surface area contributed by atoms with E-state index in [1.807, 2.05) is 0 Å². The van der Waals surface area contributed by atoms with Crippen molar-refractivity contribution in [3.8, 4) is 0 Å². The number of nitro groups is 1. The number of rotatable bonds is 4. The van der Waals surface area contributed by atoms with Crippen molar-refractivity contribution in [1.29, 1.82) is 0 Å². The molecule has 1 heterocycles. The molecule has 1 aromatic rings. The number of carbonyl (C=O) groups excluding carboxylic acids is 2. The summed E-state index contributed by atoms with van der Waals surface area (Å²) < 4.78 is 0. The van der Waals surface area contributed by atoms with Gasteiger partial charge in [0.25, 0.3) is 5.69 Å². The standard InChI is InChI=1S/C18H19N3O6/c1-10-14(17(23)24)15(12-8-4-5-9-13(12)21(26)27)20(18(25)19-10)16(22)11-6-2-3-7-11/h4-5,8-9,11,15H,2-3,6-7H2,1H3,(H,19,25)(H,23,24). The number of allylic oxidation sites excluding steroid dienone is 1. The number of nitro benzene ring substituents is 1. The van der Waals surface area contributed by atoms with E-state index in [2.05, 4.69) is 5.32 Å². The summed E-state index contributed by atoms with van der Waals surface area (Å²) >= 11 is 0. The number of benzene rings is 1. The summed E-state index contributed by atoms with van der Waals surface area (Å²) in [5.74, 6) is -2.24. The van der Waals surface area contributed by atoms with Gasteiger partial charge < -0.3 is 10.4 Å². The lowest BCUT2D eigenvalue weighted by atomic mass is 9.91. The predicted molar refractivity (Wildman–Crippen MR) is 93.5 cm³/mol. The molecule has 9 heteroatoms. The average Bonchev–Trinajstić information content (AvgIpc) is 3.14. The van der Waals surface area contributed by atoms with Gasteiger partial charge in [-0.1, -0.05) is 25.0 Å². The van der Waals surface area contributed by atoms with E-state index in [9.17, 15) is 29.6 Å². The van der Waals surface area contributed by atoms with Crippen molar-refractivity contribution in [3.63, 3.8) is 0 Å². The van der Waals surface area contributed by atoms with Crippen molar-refractivity contribution >= 4 is 23.6 Å². The third kappa shape index (κ3) is 3.27. The third-order valence-electron chi connectivity index (χ3n) is 5.05. The highest BCUT2D eigenvalue weighted by molar-refractivity contribution is 6.02. The summed E-state index contributed by atoms with van der Waals surface area (Å²) in [6, 6.07) is 3.46. The summed E-state index contributed by atoms with van der Waals surface area (Å²) in [6.45, 7) is 1.40. The van der Waals surface area contributed by atoms with Crippen LogP contribution in [0.15, 0.2) is 35.5 Å². The van der Waals surface area contributed by atoms with Crippen molar-refractivity contribution in [3.05, 3.63) is 51.2 Å². The molecule has 1 unspecified atom stereocenters. The number of para-hydroxylation sites is 1. The first-order chi connectivity index (χ1) is 12.8. The topological polar surface area (TPSA) is 130 Å². The number of hydrogen-bond acceptors (Lipinski definition) is 5. The fourth-order valence-electron chi connectivity index (χ4n) is 3.79. The molecule has 1 aliphatic heterocycles. The van der Waals surface area contributed by atoms with Crippen LogP contribution in [0.2, 0.25) is 0 Å². The fourth-order valence-corrected chi connectivity index (χ4v) is 3.79. The van der Waals surface area contributed by atoms with E-state index in [1.54, 1.807) is 0 Å².